The number of rotatable bonds is 5. The Morgan fingerprint density at radius 3 is 2.71 bits per heavy atom. The smallest absolute Gasteiger partial charge is 0.265 e. The van der Waals surface area contributed by atoms with Crippen molar-refractivity contribution in [2.24, 2.45) is 0 Å². The molecule has 2 aromatic carbocycles. The molecule has 1 aliphatic rings. The predicted octanol–water partition coefficient (Wildman–Crippen LogP) is 4.91. The lowest BCUT2D eigenvalue weighted by Crippen LogP contribution is -2.43. The standard InChI is InChI=1S/C24H25N3O3S/c1-14(2)18-7-5-6-8-19(18)26-22(28)12-27-20-11-17(24-15(3)31-16(4)25-24)9-10-21(20)30-13-23(27)29/h5-11,14H,12-13H2,1-4H3,(H,26,28). The van der Waals surface area contributed by atoms with Crippen LogP contribution in [0.3, 0.4) is 0 Å². The number of thiazole rings is 1. The number of hydrogen-bond acceptors (Lipinski definition) is 5. The molecule has 1 N–H and O–H groups in total. The minimum absolute atomic E-state index is 0.0832. The topological polar surface area (TPSA) is 71.5 Å². The van der Waals surface area contributed by atoms with E-state index in [0.29, 0.717) is 11.4 Å². The molecule has 2 amide bonds. The first-order valence-electron chi connectivity index (χ1n) is 10.2. The van der Waals surface area contributed by atoms with E-state index >= 15 is 0 Å². The zero-order chi connectivity index (χ0) is 22.1. The molecule has 0 saturated heterocycles. The SMILES string of the molecule is Cc1nc(-c2ccc3c(c2)N(CC(=O)Nc2ccccc2C(C)C)C(=O)CO3)c(C)s1. The highest BCUT2D eigenvalue weighted by atomic mass is 32.1. The van der Waals surface area contributed by atoms with E-state index in [4.69, 9.17) is 4.74 Å². The molecule has 0 fully saturated rings. The third kappa shape index (κ3) is 4.32. The Hall–Kier alpha value is -3.19. The Labute approximate surface area is 185 Å². The van der Waals surface area contributed by atoms with Crippen LogP contribution >= 0.6 is 11.3 Å². The lowest BCUT2D eigenvalue weighted by atomic mass is 10.0. The molecule has 31 heavy (non-hydrogen) atoms. The van der Waals surface area contributed by atoms with Crippen molar-refractivity contribution in [1.82, 2.24) is 4.98 Å². The lowest BCUT2D eigenvalue weighted by molar-refractivity contribution is -0.123. The molecule has 0 saturated carbocycles. The number of fused-ring (bicyclic) bond motifs is 1. The van der Waals surface area contributed by atoms with Crippen molar-refractivity contribution in [3.63, 3.8) is 0 Å². The number of nitrogens with one attached hydrogen (secondary N) is 1. The molecule has 3 aromatic rings. The zero-order valence-electron chi connectivity index (χ0n) is 18.1. The van der Waals surface area contributed by atoms with Gasteiger partial charge in [-0.2, -0.15) is 0 Å². The maximum Gasteiger partial charge on any atom is 0.265 e. The van der Waals surface area contributed by atoms with Crippen LogP contribution in [0.4, 0.5) is 11.4 Å². The maximum atomic E-state index is 12.9. The molecule has 160 valence electrons. The number of nitrogens with zero attached hydrogens (tertiary/aromatic N) is 2. The summed E-state index contributed by atoms with van der Waals surface area (Å²) in [4.78, 5) is 32.7. The average Bonchev–Trinajstić information content (AvgIpc) is 3.08. The monoisotopic (exact) mass is 435 g/mol. The number of hydrogen-bond donors (Lipinski definition) is 1. The molecule has 1 aliphatic heterocycles. The summed E-state index contributed by atoms with van der Waals surface area (Å²) in [5, 5.41) is 3.95. The largest absolute Gasteiger partial charge is 0.482 e. The molecule has 7 heteroatoms. The van der Waals surface area contributed by atoms with Gasteiger partial charge in [0.05, 0.1) is 16.4 Å². The van der Waals surface area contributed by atoms with Crippen LogP contribution < -0.4 is 15.0 Å². The first kappa shape index (κ1) is 21.1. The highest BCUT2D eigenvalue weighted by Gasteiger charge is 2.28. The number of aromatic nitrogens is 1. The van der Waals surface area contributed by atoms with E-state index in [1.807, 2.05) is 56.3 Å². The van der Waals surface area contributed by atoms with E-state index in [9.17, 15) is 9.59 Å². The molecule has 6 nitrogen and oxygen atoms in total. The fraction of sp³-hybridized carbons (Fsp3) is 0.292. The summed E-state index contributed by atoms with van der Waals surface area (Å²) < 4.78 is 5.60. The number of amides is 2. The number of ether oxygens (including phenoxy) is 1. The molecule has 2 heterocycles. The van der Waals surface area contributed by atoms with Crippen LogP contribution in [0.25, 0.3) is 11.3 Å². The third-order valence-electron chi connectivity index (χ3n) is 5.24. The molecule has 0 unspecified atom stereocenters. The molecule has 0 aliphatic carbocycles. The lowest BCUT2D eigenvalue weighted by Gasteiger charge is -2.29. The van der Waals surface area contributed by atoms with Crippen molar-refractivity contribution < 1.29 is 14.3 Å². The van der Waals surface area contributed by atoms with Gasteiger partial charge in [-0.3, -0.25) is 14.5 Å². The number of anilines is 2. The van der Waals surface area contributed by atoms with E-state index in [0.717, 1.165) is 32.4 Å². The number of para-hydroxylation sites is 1. The van der Waals surface area contributed by atoms with Gasteiger partial charge in [0, 0.05) is 16.1 Å². The van der Waals surface area contributed by atoms with Gasteiger partial charge in [0.1, 0.15) is 12.3 Å². The number of carbonyl (C=O) groups is 2. The van der Waals surface area contributed by atoms with Crippen molar-refractivity contribution in [2.45, 2.75) is 33.6 Å². The first-order valence-corrected chi connectivity index (χ1v) is 11.1. The second-order valence-electron chi connectivity index (χ2n) is 7.88. The van der Waals surface area contributed by atoms with Crippen LogP contribution in [0.5, 0.6) is 5.75 Å². The van der Waals surface area contributed by atoms with Crippen molar-refractivity contribution in [2.75, 3.05) is 23.4 Å². The number of benzene rings is 2. The van der Waals surface area contributed by atoms with E-state index in [2.05, 4.69) is 24.1 Å². The van der Waals surface area contributed by atoms with Crippen molar-refractivity contribution in [3.8, 4) is 17.0 Å². The summed E-state index contributed by atoms with van der Waals surface area (Å²) in [5.74, 6) is 0.362. The van der Waals surface area contributed by atoms with Crippen LogP contribution in [0.15, 0.2) is 42.5 Å². The average molecular weight is 436 g/mol. The molecular formula is C24H25N3O3S. The van der Waals surface area contributed by atoms with E-state index in [-0.39, 0.29) is 30.9 Å². The van der Waals surface area contributed by atoms with Gasteiger partial charge >= 0.3 is 0 Å². The highest BCUT2D eigenvalue weighted by molar-refractivity contribution is 7.11. The van der Waals surface area contributed by atoms with Gasteiger partial charge in [-0.1, -0.05) is 32.0 Å². The molecule has 0 spiro atoms. The van der Waals surface area contributed by atoms with Gasteiger partial charge in [-0.25, -0.2) is 4.98 Å². The summed E-state index contributed by atoms with van der Waals surface area (Å²) in [6.07, 6.45) is 0. The van der Waals surface area contributed by atoms with Crippen LogP contribution in [-0.4, -0.2) is 29.9 Å². The van der Waals surface area contributed by atoms with Crippen LogP contribution in [0, 0.1) is 13.8 Å². The fourth-order valence-corrected chi connectivity index (χ4v) is 4.61. The molecule has 0 bridgehead atoms. The zero-order valence-corrected chi connectivity index (χ0v) is 18.9. The summed E-state index contributed by atoms with van der Waals surface area (Å²) in [6.45, 7) is 7.99. The van der Waals surface area contributed by atoms with Gasteiger partial charge in [0.25, 0.3) is 5.91 Å². The second-order valence-corrected chi connectivity index (χ2v) is 9.29. The number of carbonyl (C=O) groups excluding carboxylic acids is 2. The quantitative estimate of drug-likeness (QED) is 0.618. The fourth-order valence-electron chi connectivity index (χ4n) is 3.77. The normalized spacial score (nSPS) is 13.2. The van der Waals surface area contributed by atoms with Gasteiger partial charge in [0.2, 0.25) is 5.91 Å². The molecule has 0 radical (unpaired) electrons. The summed E-state index contributed by atoms with van der Waals surface area (Å²) in [5.41, 5.74) is 4.20. The summed E-state index contributed by atoms with van der Waals surface area (Å²) in [7, 11) is 0. The van der Waals surface area contributed by atoms with Gasteiger partial charge < -0.3 is 10.1 Å². The van der Waals surface area contributed by atoms with Crippen LogP contribution in [0.1, 0.15) is 35.2 Å². The van der Waals surface area contributed by atoms with Crippen molar-refractivity contribution in [3.05, 3.63) is 57.9 Å². The minimum atomic E-state index is -0.250. The first-order chi connectivity index (χ1) is 14.8. The van der Waals surface area contributed by atoms with Crippen LogP contribution in [-0.2, 0) is 9.59 Å². The van der Waals surface area contributed by atoms with Crippen molar-refractivity contribution in [1.29, 1.82) is 0 Å². The Morgan fingerprint density at radius 2 is 2.00 bits per heavy atom. The van der Waals surface area contributed by atoms with Crippen molar-refractivity contribution >= 4 is 34.5 Å². The Balaban J connectivity index is 1.61. The molecule has 1 aromatic heterocycles. The molecule has 0 atom stereocenters. The van der Waals surface area contributed by atoms with E-state index in [1.54, 1.807) is 11.3 Å². The van der Waals surface area contributed by atoms with E-state index in [1.165, 1.54) is 4.90 Å². The van der Waals surface area contributed by atoms with E-state index < -0.39 is 0 Å². The highest BCUT2D eigenvalue weighted by Crippen LogP contribution is 2.37. The predicted molar refractivity (Wildman–Crippen MR) is 124 cm³/mol. The van der Waals surface area contributed by atoms with Crippen LogP contribution in [0.2, 0.25) is 0 Å². The van der Waals surface area contributed by atoms with Gasteiger partial charge in [-0.05, 0) is 49.6 Å². The van der Waals surface area contributed by atoms with Gasteiger partial charge in [-0.15, -0.1) is 11.3 Å². The molecular weight excluding hydrogens is 410 g/mol. The molecule has 4 rings (SSSR count). The van der Waals surface area contributed by atoms with Gasteiger partial charge in [0.15, 0.2) is 6.61 Å². The summed E-state index contributed by atoms with van der Waals surface area (Å²) >= 11 is 1.63. The number of aryl methyl sites for hydroxylation is 2. The Kier molecular flexibility index (Phi) is 5.78. The Bertz CT molecular complexity index is 1150. The maximum absolute atomic E-state index is 12.9. The second kappa shape index (κ2) is 8.51. The summed E-state index contributed by atoms with van der Waals surface area (Å²) in [6, 6.07) is 13.4. The minimum Gasteiger partial charge on any atom is -0.482 e. The Morgan fingerprint density at radius 1 is 1.23 bits per heavy atom. The third-order valence-corrected chi connectivity index (χ3v) is 6.12.